The van der Waals surface area contributed by atoms with E-state index in [4.69, 9.17) is 9.15 Å². The molecule has 2 aromatic carbocycles. The van der Waals surface area contributed by atoms with E-state index in [1.165, 1.54) is 6.07 Å². The first-order valence-electron chi connectivity index (χ1n) is 10.8. The minimum atomic E-state index is -0.388. The molecule has 0 atom stereocenters. The number of nitrogens with one attached hydrogen (secondary N) is 1. The first-order valence-corrected chi connectivity index (χ1v) is 10.8. The van der Waals surface area contributed by atoms with Crippen molar-refractivity contribution in [2.24, 2.45) is 0 Å². The van der Waals surface area contributed by atoms with Crippen molar-refractivity contribution in [2.45, 2.75) is 32.8 Å². The third kappa shape index (κ3) is 5.17. The zero-order valence-electron chi connectivity index (χ0n) is 18.1. The first-order chi connectivity index (χ1) is 15.5. The zero-order chi connectivity index (χ0) is 22.5. The second-order valence-electron chi connectivity index (χ2n) is 7.99. The predicted octanol–water partition coefficient (Wildman–Crippen LogP) is 3.42. The molecule has 32 heavy (non-hydrogen) atoms. The van der Waals surface area contributed by atoms with Crippen molar-refractivity contribution in [3.05, 3.63) is 75.6 Å². The number of carbonyl (C=O) groups excluding carboxylic acids is 2. The Morgan fingerprint density at radius 2 is 1.81 bits per heavy atom. The van der Waals surface area contributed by atoms with E-state index >= 15 is 0 Å². The van der Waals surface area contributed by atoms with Gasteiger partial charge in [0.25, 0.3) is 5.91 Å². The van der Waals surface area contributed by atoms with E-state index in [0.717, 1.165) is 42.4 Å². The van der Waals surface area contributed by atoms with Crippen LogP contribution in [-0.2, 0) is 11.4 Å². The van der Waals surface area contributed by atoms with Gasteiger partial charge in [0.2, 0.25) is 5.91 Å². The molecule has 0 saturated carbocycles. The lowest BCUT2D eigenvalue weighted by Gasteiger charge is -2.15. The summed E-state index contributed by atoms with van der Waals surface area (Å²) in [6, 6.07) is 14.0. The Hall–Kier alpha value is -3.61. The molecule has 7 heteroatoms. The summed E-state index contributed by atoms with van der Waals surface area (Å²) in [4.78, 5) is 37.8. The van der Waals surface area contributed by atoms with Crippen LogP contribution in [0.3, 0.4) is 0 Å². The lowest BCUT2D eigenvalue weighted by molar-refractivity contribution is -0.129. The summed E-state index contributed by atoms with van der Waals surface area (Å²) in [7, 11) is 0. The van der Waals surface area contributed by atoms with Crippen molar-refractivity contribution >= 4 is 22.8 Å². The zero-order valence-corrected chi connectivity index (χ0v) is 18.1. The van der Waals surface area contributed by atoms with Crippen LogP contribution in [0.25, 0.3) is 11.0 Å². The van der Waals surface area contributed by atoms with Crippen LogP contribution in [0.1, 0.15) is 40.7 Å². The molecule has 166 valence electrons. The molecule has 2 heterocycles. The van der Waals surface area contributed by atoms with E-state index < -0.39 is 0 Å². The molecule has 0 spiro atoms. The molecule has 7 nitrogen and oxygen atoms in total. The summed E-state index contributed by atoms with van der Waals surface area (Å²) >= 11 is 0. The van der Waals surface area contributed by atoms with Gasteiger partial charge in [0.05, 0.1) is 0 Å². The fourth-order valence-corrected chi connectivity index (χ4v) is 3.82. The van der Waals surface area contributed by atoms with Crippen LogP contribution in [0.2, 0.25) is 0 Å². The summed E-state index contributed by atoms with van der Waals surface area (Å²) in [6.45, 7) is 4.15. The molecule has 4 rings (SSSR count). The molecule has 3 aromatic rings. The number of aryl methyl sites for hydroxylation is 1. The molecule has 1 aliphatic rings. The predicted molar refractivity (Wildman–Crippen MR) is 121 cm³/mol. The molecule has 1 N–H and O–H groups in total. The van der Waals surface area contributed by atoms with Crippen LogP contribution in [-0.4, -0.2) is 36.3 Å². The molecular formula is C25H26N2O5. The van der Waals surface area contributed by atoms with Crippen molar-refractivity contribution in [3.63, 3.8) is 0 Å². The number of likely N-dealkylation sites (tertiary alicyclic amines) is 1. The topological polar surface area (TPSA) is 88.8 Å². The molecule has 1 saturated heterocycles. The molecule has 1 aromatic heterocycles. The highest BCUT2D eigenvalue weighted by Gasteiger charge is 2.17. The highest BCUT2D eigenvalue weighted by Crippen LogP contribution is 2.23. The maximum absolute atomic E-state index is 12.3. The van der Waals surface area contributed by atoms with Crippen molar-refractivity contribution in [1.29, 1.82) is 0 Å². The minimum absolute atomic E-state index is 0.0958. The summed E-state index contributed by atoms with van der Waals surface area (Å²) in [5, 5.41) is 3.67. The van der Waals surface area contributed by atoms with Crippen molar-refractivity contribution < 1.29 is 18.7 Å². The largest absolute Gasteiger partial charge is 0.489 e. The summed E-state index contributed by atoms with van der Waals surface area (Å²) in [5.41, 5.74) is 2.39. The van der Waals surface area contributed by atoms with E-state index in [1.54, 1.807) is 18.2 Å². The van der Waals surface area contributed by atoms with Gasteiger partial charge in [0.15, 0.2) is 0 Å². The van der Waals surface area contributed by atoms with Gasteiger partial charge in [0, 0.05) is 49.1 Å². The third-order valence-corrected chi connectivity index (χ3v) is 5.63. The first kappa shape index (κ1) is 21.6. The van der Waals surface area contributed by atoms with Crippen LogP contribution in [0, 0.1) is 6.92 Å². The Morgan fingerprint density at radius 1 is 1.06 bits per heavy atom. The fraction of sp³-hybridized carbons (Fsp3) is 0.320. The molecule has 0 unspecified atom stereocenters. The fourth-order valence-electron chi connectivity index (χ4n) is 3.82. The Kier molecular flexibility index (Phi) is 6.54. The van der Waals surface area contributed by atoms with E-state index in [9.17, 15) is 14.4 Å². The van der Waals surface area contributed by atoms with E-state index in [0.29, 0.717) is 36.5 Å². The number of benzene rings is 2. The number of amides is 2. The van der Waals surface area contributed by atoms with Crippen LogP contribution in [0.5, 0.6) is 5.75 Å². The molecule has 0 radical (unpaired) electrons. The number of fused-ring (bicyclic) bond motifs is 1. The van der Waals surface area contributed by atoms with Gasteiger partial charge in [-0.2, -0.15) is 0 Å². The van der Waals surface area contributed by atoms with Crippen LogP contribution in [0.15, 0.2) is 57.7 Å². The molecule has 1 aliphatic heterocycles. The summed E-state index contributed by atoms with van der Waals surface area (Å²) in [5.74, 6) is 0.487. The third-order valence-electron chi connectivity index (χ3n) is 5.63. The molecule has 0 aliphatic carbocycles. The van der Waals surface area contributed by atoms with Crippen LogP contribution in [0.4, 0.5) is 0 Å². The maximum Gasteiger partial charge on any atom is 0.336 e. The number of ether oxygens (including phenoxy) is 1. The highest BCUT2D eigenvalue weighted by molar-refractivity contribution is 5.94. The lowest BCUT2D eigenvalue weighted by atomic mass is 10.1. The lowest BCUT2D eigenvalue weighted by Crippen LogP contribution is -2.32. The van der Waals surface area contributed by atoms with Crippen LogP contribution < -0.4 is 15.7 Å². The Morgan fingerprint density at radius 3 is 2.56 bits per heavy atom. The highest BCUT2D eigenvalue weighted by atomic mass is 16.5. The number of nitrogens with zero attached hydrogens (tertiary/aromatic N) is 1. The Labute approximate surface area is 186 Å². The van der Waals surface area contributed by atoms with E-state index in [2.05, 4.69) is 5.32 Å². The number of hydrogen-bond donors (Lipinski definition) is 1. The molecule has 0 bridgehead atoms. The normalized spacial score (nSPS) is 13.3. The van der Waals surface area contributed by atoms with Gasteiger partial charge in [0.1, 0.15) is 17.9 Å². The second kappa shape index (κ2) is 9.68. The maximum atomic E-state index is 12.3. The Bertz CT molecular complexity index is 1180. The van der Waals surface area contributed by atoms with Gasteiger partial charge >= 0.3 is 5.63 Å². The standard InChI is InChI=1S/C25H26N2O5/c1-17-14-24(29)32-22-15-20(8-9-21(17)22)31-16-18-4-6-19(7-5-18)25(30)26-11-10-23(28)27-12-2-3-13-27/h4-9,14-15H,2-3,10-13,16H2,1H3,(H,26,30). The van der Waals surface area contributed by atoms with Gasteiger partial charge in [-0.25, -0.2) is 4.79 Å². The number of hydrogen-bond acceptors (Lipinski definition) is 5. The van der Waals surface area contributed by atoms with Crippen molar-refractivity contribution in [2.75, 3.05) is 19.6 Å². The number of carbonyl (C=O) groups is 2. The number of rotatable bonds is 7. The SMILES string of the molecule is Cc1cc(=O)oc2cc(OCc3ccc(C(=O)NCCC(=O)N4CCCC4)cc3)ccc12. The quantitative estimate of drug-likeness (QED) is 0.576. The molecule has 2 amide bonds. The van der Waals surface area contributed by atoms with Gasteiger partial charge in [-0.15, -0.1) is 0 Å². The van der Waals surface area contributed by atoms with Gasteiger partial charge in [-0.05, 0) is 55.2 Å². The smallest absolute Gasteiger partial charge is 0.336 e. The monoisotopic (exact) mass is 434 g/mol. The van der Waals surface area contributed by atoms with Crippen molar-refractivity contribution in [1.82, 2.24) is 10.2 Å². The molecule has 1 fully saturated rings. The average Bonchev–Trinajstić information content (AvgIpc) is 3.32. The summed E-state index contributed by atoms with van der Waals surface area (Å²) < 4.78 is 11.1. The second-order valence-corrected chi connectivity index (χ2v) is 7.99. The molecular weight excluding hydrogens is 408 g/mol. The average molecular weight is 434 g/mol. The summed E-state index contributed by atoms with van der Waals surface area (Å²) in [6.07, 6.45) is 2.44. The minimum Gasteiger partial charge on any atom is -0.489 e. The van der Waals surface area contributed by atoms with Gasteiger partial charge < -0.3 is 19.4 Å². The van der Waals surface area contributed by atoms with E-state index in [1.807, 2.05) is 36.1 Å². The van der Waals surface area contributed by atoms with Crippen molar-refractivity contribution in [3.8, 4) is 5.75 Å². The Balaban J connectivity index is 1.29. The van der Waals surface area contributed by atoms with Crippen LogP contribution >= 0.6 is 0 Å². The van der Waals surface area contributed by atoms with Gasteiger partial charge in [-0.3, -0.25) is 9.59 Å². The van der Waals surface area contributed by atoms with E-state index in [-0.39, 0.29) is 17.4 Å². The van der Waals surface area contributed by atoms with Gasteiger partial charge in [-0.1, -0.05) is 12.1 Å².